The minimum Gasteiger partial charge on any atom is -0.332 e. The zero-order valence-electron chi connectivity index (χ0n) is 11.7. The van der Waals surface area contributed by atoms with Gasteiger partial charge < -0.3 is 10.6 Å². The predicted molar refractivity (Wildman–Crippen MR) is 92.2 cm³/mol. The maximum Gasteiger partial charge on any atom is 0.175 e. The SMILES string of the molecule is C=C(C)c1cccc(NC(=S)Nc2cccc(C)c2)c1. The highest BCUT2D eigenvalue weighted by Crippen LogP contribution is 2.17. The molecule has 0 amide bonds. The fourth-order valence-electron chi connectivity index (χ4n) is 1.88. The van der Waals surface area contributed by atoms with Crippen LogP contribution in [0.5, 0.6) is 0 Å². The van der Waals surface area contributed by atoms with Crippen molar-refractivity contribution < 1.29 is 0 Å². The van der Waals surface area contributed by atoms with Gasteiger partial charge in [-0.15, -0.1) is 0 Å². The first-order chi connectivity index (χ1) is 9.54. The lowest BCUT2D eigenvalue weighted by Crippen LogP contribution is -2.19. The van der Waals surface area contributed by atoms with E-state index in [1.165, 1.54) is 5.56 Å². The van der Waals surface area contributed by atoms with Crippen LogP contribution in [-0.4, -0.2) is 5.11 Å². The third kappa shape index (κ3) is 3.93. The summed E-state index contributed by atoms with van der Waals surface area (Å²) in [4.78, 5) is 0. The Bertz CT molecular complexity index is 647. The largest absolute Gasteiger partial charge is 0.332 e. The van der Waals surface area contributed by atoms with Gasteiger partial charge in [-0.3, -0.25) is 0 Å². The van der Waals surface area contributed by atoms with Gasteiger partial charge in [-0.2, -0.15) is 0 Å². The Hall–Kier alpha value is -2.13. The van der Waals surface area contributed by atoms with Crippen LogP contribution in [-0.2, 0) is 0 Å². The average molecular weight is 282 g/mol. The van der Waals surface area contributed by atoms with Gasteiger partial charge in [0.25, 0.3) is 0 Å². The van der Waals surface area contributed by atoms with E-state index in [0.717, 1.165) is 22.5 Å². The Labute approximate surface area is 125 Å². The van der Waals surface area contributed by atoms with Gasteiger partial charge in [0, 0.05) is 11.4 Å². The van der Waals surface area contributed by atoms with Crippen LogP contribution in [0.15, 0.2) is 55.1 Å². The van der Waals surface area contributed by atoms with Gasteiger partial charge in [-0.25, -0.2) is 0 Å². The van der Waals surface area contributed by atoms with E-state index in [0.29, 0.717) is 5.11 Å². The normalized spacial score (nSPS) is 9.90. The molecule has 0 unspecified atom stereocenters. The van der Waals surface area contributed by atoms with Crippen molar-refractivity contribution in [1.82, 2.24) is 0 Å². The first kappa shape index (κ1) is 14.3. The summed E-state index contributed by atoms with van der Waals surface area (Å²) < 4.78 is 0. The number of thiocarbonyl (C=S) groups is 1. The summed E-state index contributed by atoms with van der Waals surface area (Å²) >= 11 is 5.33. The highest BCUT2D eigenvalue weighted by atomic mass is 32.1. The monoisotopic (exact) mass is 282 g/mol. The molecule has 2 aromatic carbocycles. The maximum atomic E-state index is 5.33. The number of anilines is 2. The number of benzene rings is 2. The van der Waals surface area contributed by atoms with Gasteiger partial charge in [0.05, 0.1) is 0 Å². The zero-order chi connectivity index (χ0) is 14.5. The van der Waals surface area contributed by atoms with Crippen molar-refractivity contribution in [3.05, 3.63) is 66.2 Å². The Balaban J connectivity index is 2.04. The molecule has 0 spiro atoms. The first-order valence-electron chi connectivity index (χ1n) is 6.45. The third-order valence-corrected chi connectivity index (χ3v) is 3.09. The number of rotatable bonds is 3. The Morgan fingerprint density at radius 3 is 2.20 bits per heavy atom. The molecule has 0 aromatic heterocycles. The molecule has 0 saturated carbocycles. The van der Waals surface area contributed by atoms with Gasteiger partial charge in [-0.05, 0) is 61.5 Å². The molecule has 2 nitrogen and oxygen atoms in total. The van der Waals surface area contributed by atoms with Crippen molar-refractivity contribution in [2.75, 3.05) is 10.6 Å². The molecule has 0 bridgehead atoms. The maximum absolute atomic E-state index is 5.33. The lowest BCUT2D eigenvalue weighted by molar-refractivity contribution is 1.46. The summed E-state index contributed by atoms with van der Waals surface area (Å²) in [6.45, 7) is 7.99. The molecule has 0 aliphatic carbocycles. The van der Waals surface area contributed by atoms with Gasteiger partial charge >= 0.3 is 0 Å². The van der Waals surface area contributed by atoms with Crippen LogP contribution in [0.3, 0.4) is 0 Å². The van der Waals surface area contributed by atoms with Gasteiger partial charge in [0.2, 0.25) is 0 Å². The number of hydrogen-bond acceptors (Lipinski definition) is 1. The van der Waals surface area contributed by atoms with Crippen LogP contribution in [0, 0.1) is 6.92 Å². The Morgan fingerprint density at radius 2 is 1.60 bits per heavy atom. The van der Waals surface area contributed by atoms with Gasteiger partial charge in [-0.1, -0.05) is 36.4 Å². The summed E-state index contributed by atoms with van der Waals surface area (Å²) in [5.41, 5.74) is 5.27. The van der Waals surface area contributed by atoms with E-state index in [1.54, 1.807) is 0 Å². The molecule has 0 atom stereocenters. The number of nitrogens with one attached hydrogen (secondary N) is 2. The van der Waals surface area contributed by atoms with E-state index >= 15 is 0 Å². The first-order valence-corrected chi connectivity index (χ1v) is 6.86. The van der Waals surface area contributed by atoms with Crippen LogP contribution in [0.4, 0.5) is 11.4 Å². The quantitative estimate of drug-likeness (QED) is 0.788. The minimum absolute atomic E-state index is 0.578. The smallest absolute Gasteiger partial charge is 0.175 e. The molecule has 0 heterocycles. The molecule has 0 aliphatic rings. The predicted octanol–water partition coefficient (Wildman–Crippen LogP) is 4.84. The Kier molecular flexibility index (Phi) is 4.53. The fourth-order valence-corrected chi connectivity index (χ4v) is 2.11. The van der Waals surface area contributed by atoms with E-state index in [9.17, 15) is 0 Å². The van der Waals surface area contributed by atoms with Crippen LogP contribution < -0.4 is 10.6 Å². The molecule has 102 valence electrons. The average Bonchev–Trinajstić information content (AvgIpc) is 2.38. The van der Waals surface area contributed by atoms with E-state index in [2.05, 4.69) is 36.3 Å². The second-order valence-electron chi connectivity index (χ2n) is 4.81. The molecular formula is C17H18N2S. The molecule has 0 saturated heterocycles. The summed E-state index contributed by atoms with van der Waals surface area (Å²) in [5, 5.41) is 6.94. The third-order valence-electron chi connectivity index (χ3n) is 2.89. The highest BCUT2D eigenvalue weighted by molar-refractivity contribution is 7.80. The van der Waals surface area contributed by atoms with Crippen molar-refractivity contribution in [2.24, 2.45) is 0 Å². The van der Waals surface area contributed by atoms with Crippen molar-refractivity contribution in [3.8, 4) is 0 Å². The van der Waals surface area contributed by atoms with E-state index in [-0.39, 0.29) is 0 Å². The van der Waals surface area contributed by atoms with Crippen molar-refractivity contribution in [1.29, 1.82) is 0 Å². The van der Waals surface area contributed by atoms with Crippen molar-refractivity contribution >= 4 is 34.3 Å². The standard InChI is InChI=1S/C17H18N2S/c1-12(2)14-7-5-9-16(11-14)19-17(20)18-15-8-4-6-13(3)10-15/h4-11H,1H2,2-3H3,(H2,18,19,20). The molecule has 0 fully saturated rings. The molecular weight excluding hydrogens is 264 g/mol. The van der Waals surface area contributed by atoms with Crippen LogP contribution in [0.1, 0.15) is 18.1 Å². The number of hydrogen-bond donors (Lipinski definition) is 2. The molecule has 0 aliphatic heterocycles. The van der Waals surface area contributed by atoms with Crippen LogP contribution in [0.2, 0.25) is 0 Å². The zero-order valence-corrected chi connectivity index (χ0v) is 12.6. The van der Waals surface area contributed by atoms with E-state index in [4.69, 9.17) is 12.2 Å². The number of allylic oxidation sites excluding steroid dienone is 1. The fraction of sp³-hybridized carbons (Fsp3) is 0.118. The summed E-state index contributed by atoms with van der Waals surface area (Å²) in [6, 6.07) is 16.1. The molecule has 0 radical (unpaired) electrons. The summed E-state index contributed by atoms with van der Waals surface area (Å²) in [5.74, 6) is 0. The van der Waals surface area contributed by atoms with Gasteiger partial charge in [0.15, 0.2) is 5.11 Å². The Morgan fingerprint density at radius 1 is 1.00 bits per heavy atom. The number of aryl methyl sites for hydroxylation is 1. The molecule has 2 rings (SSSR count). The second-order valence-corrected chi connectivity index (χ2v) is 5.22. The summed E-state index contributed by atoms with van der Waals surface area (Å²) in [7, 11) is 0. The van der Waals surface area contributed by atoms with Crippen molar-refractivity contribution in [3.63, 3.8) is 0 Å². The topological polar surface area (TPSA) is 24.1 Å². The van der Waals surface area contributed by atoms with Crippen LogP contribution >= 0.6 is 12.2 Å². The molecule has 2 N–H and O–H groups in total. The molecule has 2 aromatic rings. The van der Waals surface area contributed by atoms with Crippen LogP contribution in [0.25, 0.3) is 5.57 Å². The highest BCUT2D eigenvalue weighted by Gasteiger charge is 2.01. The second kappa shape index (κ2) is 6.35. The summed E-state index contributed by atoms with van der Waals surface area (Å²) in [6.07, 6.45) is 0. The van der Waals surface area contributed by atoms with Crippen molar-refractivity contribution in [2.45, 2.75) is 13.8 Å². The lowest BCUT2D eigenvalue weighted by atomic mass is 10.1. The van der Waals surface area contributed by atoms with Gasteiger partial charge in [0.1, 0.15) is 0 Å². The minimum atomic E-state index is 0.578. The lowest BCUT2D eigenvalue weighted by Gasteiger charge is -2.12. The molecule has 3 heteroatoms. The van der Waals surface area contributed by atoms with E-state index in [1.807, 2.05) is 43.3 Å². The molecule has 20 heavy (non-hydrogen) atoms. The van der Waals surface area contributed by atoms with E-state index < -0.39 is 0 Å².